The Balaban J connectivity index is 2.16. The number of nitrogens with zero attached hydrogens (tertiary/aromatic N) is 1. The van der Waals surface area contributed by atoms with Crippen molar-refractivity contribution in [3.63, 3.8) is 0 Å². The lowest BCUT2D eigenvalue weighted by Crippen LogP contribution is -2.14. The van der Waals surface area contributed by atoms with E-state index in [1.54, 1.807) is 0 Å². The zero-order valence-corrected chi connectivity index (χ0v) is 10.2. The van der Waals surface area contributed by atoms with Gasteiger partial charge < -0.3 is 5.73 Å². The van der Waals surface area contributed by atoms with E-state index in [-0.39, 0.29) is 0 Å². The zero-order valence-electron chi connectivity index (χ0n) is 8.62. The van der Waals surface area contributed by atoms with Gasteiger partial charge in [-0.25, -0.2) is 0 Å². The van der Waals surface area contributed by atoms with E-state index in [9.17, 15) is 0 Å². The Labute approximate surface area is 98.7 Å². The van der Waals surface area contributed by atoms with Gasteiger partial charge in [0, 0.05) is 17.4 Å². The van der Waals surface area contributed by atoms with Crippen molar-refractivity contribution in [2.24, 2.45) is 10.7 Å². The molecule has 0 fully saturated rings. The first-order valence-electron chi connectivity index (χ1n) is 5.30. The Morgan fingerprint density at radius 2 is 2.00 bits per heavy atom. The highest BCUT2D eigenvalue weighted by molar-refractivity contribution is 9.10. The maximum atomic E-state index is 5.83. The molecule has 0 saturated heterocycles. The van der Waals surface area contributed by atoms with Crippen LogP contribution in [0, 0.1) is 0 Å². The van der Waals surface area contributed by atoms with E-state index in [1.807, 2.05) is 0 Å². The average Bonchev–Trinajstić information content (AvgIpc) is 2.44. The summed E-state index contributed by atoms with van der Waals surface area (Å²) in [6.45, 7) is 0.888. The minimum absolute atomic E-state index is 0.546. The largest absolute Gasteiger partial charge is 0.387 e. The number of nitrogens with two attached hydrogens (primary N) is 1. The fourth-order valence-corrected chi connectivity index (χ4v) is 2.26. The topological polar surface area (TPSA) is 38.4 Å². The summed E-state index contributed by atoms with van der Waals surface area (Å²) in [4.78, 5) is 4.30. The smallest absolute Gasteiger partial charge is 0.0943 e. The van der Waals surface area contributed by atoms with Crippen LogP contribution in [-0.4, -0.2) is 12.4 Å². The van der Waals surface area contributed by atoms with Crippen molar-refractivity contribution in [1.82, 2.24) is 0 Å². The molecule has 1 aliphatic rings. The van der Waals surface area contributed by atoms with Crippen LogP contribution in [0.4, 0.5) is 0 Å². The Morgan fingerprint density at radius 3 is 2.73 bits per heavy atom. The van der Waals surface area contributed by atoms with Gasteiger partial charge in [0.05, 0.1) is 5.84 Å². The third kappa shape index (κ3) is 2.81. The quantitative estimate of drug-likeness (QED) is 0.834. The van der Waals surface area contributed by atoms with Gasteiger partial charge in [0.15, 0.2) is 0 Å². The Morgan fingerprint density at radius 1 is 1.27 bits per heavy atom. The summed E-state index contributed by atoms with van der Waals surface area (Å²) in [5.41, 5.74) is 7.21. The highest BCUT2D eigenvalue weighted by Gasteiger charge is 2.15. The van der Waals surface area contributed by atoms with Crippen LogP contribution in [0.2, 0.25) is 0 Å². The maximum Gasteiger partial charge on any atom is 0.0943 e. The molecule has 0 aliphatic carbocycles. The van der Waals surface area contributed by atoms with E-state index in [0.717, 1.165) is 29.7 Å². The summed E-state index contributed by atoms with van der Waals surface area (Å²) < 4.78 is 1.13. The van der Waals surface area contributed by atoms with Crippen molar-refractivity contribution < 1.29 is 0 Å². The number of aliphatic imine (C=N–C) groups is 1. The molecule has 0 bridgehead atoms. The molecule has 1 aliphatic heterocycles. The number of hydrogen-bond donors (Lipinski definition) is 1. The maximum absolute atomic E-state index is 5.83. The molecule has 1 heterocycles. The van der Waals surface area contributed by atoms with Gasteiger partial charge in [0.25, 0.3) is 0 Å². The number of rotatable bonds is 1. The second kappa shape index (κ2) is 4.79. The molecule has 80 valence electrons. The van der Waals surface area contributed by atoms with Crippen LogP contribution >= 0.6 is 15.9 Å². The van der Waals surface area contributed by atoms with Gasteiger partial charge in [-0.15, -0.1) is 0 Å². The fraction of sp³-hybridized carbons (Fsp3) is 0.417. The van der Waals surface area contributed by atoms with Crippen molar-refractivity contribution in [3.8, 4) is 0 Å². The van der Waals surface area contributed by atoms with Crippen LogP contribution in [-0.2, 0) is 0 Å². The molecule has 3 heteroatoms. The summed E-state index contributed by atoms with van der Waals surface area (Å²) in [7, 11) is 0. The lowest BCUT2D eigenvalue weighted by Gasteiger charge is -2.14. The van der Waals surface area contributed by atoms with Crippen molar-refractivity contribution in [2.45, 2.75) is 25.2 Å². The monoisotopic (exact) mass is 266 g/mol. The van der Waals surface area contributed by atoms with E-state index < -0.39 is 0 Å². The van der Waals surface area contributed by atoms with Gasteiger partial charge in [-0.05, 0) is 36.5 Å². The van der Waals surface area contributed by atoms with Gasteiger partial charge in [0.1, 0.15) is 0 Å². The summed E-state index contributed by atoms with van der Waals surface area (Å²) in [6, 6.07) is 8.53. The van der Waals surface area contributed by atoms with Crippen LogP contribution < -0.4 is 5.73 Å². The van der Waals surface area contributed by atoms with E-state index in [0.29, 0.717) is 5.92 Å². The fourth-order valence-electron chi connectivity index (χ4n) is 2.00. The van der Waals surface area contributed by atoms with Crippen molar-refractivity contribution in [1.29, 1.82) is 0 Å². The van der Waals surface area contributed by atoms with E-state index in [1.165, 1.54) is 12.0 Å². The summed E-state index contributed by atoms with van der Waals surface area (Å²) in [6.07, 6.45) is 3.23. The SMILES string of the molecule is NC1=NCCCC(c2ccc(Br)cc2)C1. The van der Waals surface area contributed by atoms with Crippen LogP contribution in [0.5, 0.6) is 0 Å². The minimum Gasteiger partial charge on any atom is -0.387 e. The molecule has 0 spiro atoms. The lowest BCUT2D eigenvalue weighted by molar-refractivity contribution is 0.633. The average molecular weight is 267 g/mol. The molecular weight excluding hydrogens is 252 g/mol. The molecular formula is C12H15BrN2. The summed E-state index contributed by atoms with van der Waals surface area (Å²) in [5, 5.41) is 0. The molecule has 1 atom stereocenters. The number of halogens is 1. The highest BCUT2D eigenvalue weighted by atomic mass is 79.9. The normalized spacial score (nSPS) is 21.9. The standard InChI is InChI=1S/C12H15BrN2/c13-11-5-3-9(4-6-11)10-2-1-7-15-12(14)8-10/h3-6,10H,1-2,7-8H2,(H2,14,15). The third-order valence-corrected chi connectivity index (χ3v) is 3.35. The third-order valence-electron chi connectivity index (χ3n) is 2.82. The Kier molecular flexibility index (Phi) is 3.41. The van der Waals surface area contributed by atoms with Gasteiger partial charge >= 0.3 is 0 Å². The van der Waals surface area contributed by atoms with Crippen molar-refractivity contribution >= 4 is 21.8 Å². The first-order valence-corrected chi connectivity index (χ1v) is 6.09. The Hall–Kier alpha value is -0.830. The second-order valence-corrected chi connectivity index (χ2v) is 4.88. The molecule has 0 aromatic heterocycles. The van der Waals surface area contributed by atoms with E-state index in [4.69, 9.17) is 5.73 Å². The van der Waals surface area contributed by atoms with Crippen molar-refractivity contribution in [2.75, 3.05) is 6.54 Å². The van der Waals surface area contributed by atoms with E-state index in [2.05, 4.69) is 45.2 Å². The van der Waals surface area contributed by atoms with Crippen molar-refractivity contribution in [3.05, 3.63) is 34.3 Å². The number of hydrogen-bond acceptors (Lipinski definition) is 2. The second-order valence-electron chi connectivity index (χ2n) is 3.97. The molecule has 0 radical (unpaired) electrons. The van der Waals surface area contributed by atoms with Gasteiger partial charge in [0.2, 0.25) is 0 Å². The molecule has 1 aromatic rings. The molecule has 15 heavy (non-hydrogen) atoms. The number of amidine groups is 1. The molecule has 2 nitrogen and oxygen atoms in total. The van der Waals surface area contributed by atoms with Gasteiger partial charge in [-0.3, -0.25) is 4.99 Å². The van der Waals surface area contributed by atoms with Crippen LogP contribution in [0.25, 0.3) is 0 Å². The van der Waals surface area contributed by atoms with Crippen LogP contribution in [0.3, 0.4) is 0 Å². The molecule has 1 aromatic carbocycles. The van der Waals surface area contributed by atoms with E-state index >= 15 is 0 Å². The predicted molar refractivity (Wildman–Crippen MR) is 67.2 cm³/mol. The first kappa shape index (κ1) is 10.7. The summed E-state index contributed by atoms with van der Waals surface area (Å²) >= 11 is 3.45. The zero-order chi connectivity index (χ0) is 10.7. The van der Waals surface area contributed by atoms with Gasteiger partial charge in [-0.2, -0.15) is 0 Å². The minimum atomic E-state index is 0.546. The Bertz CT molecular complexity index is 356. The van der Waals surface area contributed by atoms with Gasteiger partial charge in [-0.1, -0.05) is 28.1 Å². The molecule has 1 unspecified atom stereocenters. The molecule has 2 rings (SSSR count). The van der Waals surface area contributed by atoms with Crippen LogP contribution in [0.1, 0.15) is 30.7 Å². The first-order chi connectivity index (χ1) is 7.25. The lowest BCUT2D eigenvalue weighted by atomic mass is 9.92. The molecule has 0 saturated carbocycles. The summed E-state index contributed by atoms with van der Waals surface area (Å²) in [5.74, 6) is 1.35. The number of benzene rings is 1. The van der Waals surface area contributed by atoms with Crippen LogP contribution in [0.15, 0.2) is 33.7 Å². The highest BCUT2D eigenvalue weighted by Crippen LogP contribution is 2.27. The predicted octanol–water partition coefficient (Wildman–Crippen LogP) is 3.07. The molecule has 0 amide bonds. The molecule has 2 N–H and O–H groups in total.